The molecule has 184 valence electrons. The number of thiazole rings is 1. The van der Waals surface area contributed by atoms with E-state index in [0.717, 1.165) is 42.6 Å². The number of Topliss-reactive ketones (excluding diaryl/α,β-unsaturated/α-hetero) is 1. The molecule has 35 heavy (non-hydrogen) atoms. The van der Waals surface area contributed by atoms with E-state index in [1.807, 2.05) is 31.2 Å². The molecule has 3 unspecified atom stereocenters. The molecule has 1 amide bonds. The number of nitrogens with zero attached hydrogens (tertiary/aromatic N) is 2. The lowest BCUT2D eigenvalue weighted by Crippen LogP contribution is -2.39. The van der Waals surface area contributed by atoms with Crippen LogP contribution in [0.15, 0.2) is 35.6 Å². The summed E-state index contributed by atoms with van der Waals surface area (Å²) in [6, 6.07) is 6.69. The van der Waals surface area contributed by atoms with Crippen molar-refractivity contribution in [2.45, 2.75) is 58.6 Å². The first-order chi connectivity index (χ1) is 16.9. The minimum Gasteiger partial charge on any atom is -0.494 e. The Labute approximate surface area is 207 Å². The van der Waals surface area contributed by atoms with E-state index in [0.29, 0.717) is 33.6 Å². The Morgan fingerprint density at radius 3 is 2.60 bits per heavy atom. The zero-order valence-electron chi connectivity index (χ0n) is 20.0. The molecule has 9 heteroatoms. The molecule has 3 atom stereocenters. The van der Waals surface area contributed by atoms with E-state index in [9.17, 15) is 14.4 Å². The van der Waals surface area contributed by atoms with Crippen LogP contribution in [-0.2, 0) is 19.1 Å². The van der Waals surface area contributed by atoms with Crippen LogP contribution in [0.25, 0.3) is 0 Å². The first-order valence-corrected chi connectivity index (χ1v) is 12.9. The lowest BCUT2D eigenvalue weighted by Gasteiger charge is -2.35. The molecule has 3 heterocycles. The topological polar surface area (TPSA) is 95.0 Å². The van der Waals surface area contributed by atoms with Gasteiger partial charge in [0, 0.05) is 0 Å². The van der Waals surface area contributed by atoms with E-state index in [1.165, 1.54) is 4.90 Å². The Morgan fingerprint density at radius 1 is 1.14 bits per heavy atom. The average Bonchev–Trinajstić information content (AvgIpc) is 3.38. The highest BCUT2D eigenvalue weighted by atomic mass is 32.1. The van der Waals surface area contributed by atoms with E-state index in [2.05, 4.69) is 4.98 Å². The van der Waals surface area contributed by atoms with Gasteiger partial charge in [-0.2, -0.15) is 0 Å². The molecule has 1 aromatic heterocycles. The van der Waals surface area contributed by atoms with Crippen molar-refractivity contribution < 1.29 is 28.6 Å². The summed E-state index contributed by atoms with van der Waals surface area (Å²) in [5.74, 6) is -0.329. The summed E-state index contributed by atoms with van der Waals surface area (Å²) in [4.78, 5) is 46.3. The number of carbonyl (C=O) groups excluding carboxylic acids is 3. The Balaban J connectivity index is 1.60. The van der Waals surface area contributed by atoms with Gasteiger partial charge in [-0.1, -0.05) is 29.9 Å². The highest BCUT2D eigenvalue weighted by Crippen LogP contribution is 2.49. The third kappa shape index (κ3) is 4.01. The molecule has 1 aromatic carbocycles. The summed E-state index contributed by atoms with van der Waals surface area (Å²) in [6.07, 6.45) is 3.20. The summed E-state index contributed by atoms with van der Waals surface area (Å²) in [5.41, 5.74) is 1.61. The molecular formula is C26H28N2O6S. The third-order valence-electron chi connectivity index (χ3n) is 6.72. The summed E-state index contributed by atoms with van der Waals surface area (Å²) in [7, 11) is 0. The molecule has 0 saturated heterocycles. The van der Waals surface area contributed by atoms with E-state index >= 15 is 0 Å². The number of esters is 1. The van der Waals surface area contributed by atoms with Crippen molar-refractivity contribution in [1.82, 2.24) is 4.98 Å². The number of fused-ring (bicyclic) bond motifs is 1. The maximum atomic E-state index is 13.7. The van der Waals surface area contributed by atoms with Gasteiger partial charge in [0.2, 0.25) is 0 Å². The third-order valence-corrected chi connectivity index (χ3v) is 7.86. The maximum absolute atomic E-state index is 13.7. The normalized spacial score (nSPS) is 23.6. The molecule has 8 nitrogen and oxygen atoms in total. The quantitative estimate of drug-likeness (QED) is 0.543. The van der Waals surface area contributed by atoms with Gasteiger partial charge in [0.05, 0.1) is 36.4 Å². The highest BCUT2D eigenvalue weighted by Gasteiger charge is 2.53. The number of anilines is 1. The Bertz CT molecular complexity index is 1200. The monoisotopic (exact) mass is 496 g/mol. The number of carbonyl (C=O) groups is 3. The van der Waals surface area contributed by atoms with Crippen LogP contribution in [0, 0.1) is 12.8 Å². The number of aromatic nitrogens is 1. The van der Waals surface area contributed by atoms with Crippen molar-refractivity contribution in [3.05, 3.63) is 51.7 Å². The minimum absolute atomic E-state index is 0.0235. The second-order valence-corrected chi connectivity index (χ2v) is 9.84. The van der Waals surface area contributed by atoms with Crippen LogP contribution in [-0.4, -0.2) is 42.0 Å². The van der Waals surface area contributed by atoms with E-state index in [1.54, 1.807) is 13.8 Å². The summed E-state index contributed by atoms with van der Waals surface area (Å²) in [6.45, 7) is 6.13. The number of ether oxygens (including phenoxy) is 3. The number of hydrogen-bond acceptors (Lipinski definition) is 8. The highest BCUT2D eigenvalue weighted by molar-refractivity contribution is 7.17. The number of rotatable bonds is 6. The average molecular weight is 497 g/mol. The molecule has 1 saturated carbocycles. The molecule has 2 aromatic rings. The van der Waals surface area contributed by atoms with Gasteiger partial charge >= 0.3 is 5.97 Å². The van der Waals surface area contributed by atoms with Crippen LogP contribution in [0.5, 0.6) is 5.75 Å². The second-order valence-electron chi connectivity index (χ2n) is 8.87. The number of aryl methyl sites for hydroxylation is 1. The van der Waals surface area contributed by atoms with Gasteiger partial charge in [0.25, 0.3) is 5.91 Å². The van der Waals surface area contributed by atoms with Crippen molar-refractivity contribution in [2.24, 2.45) is 5.92 Å². The first-order valence-electron chi connectivity index (χ1n) is 12.1. The Kier molecular flexibility index (Phi) is 6.35. The molecule has 1 aliphatic carbocycles. The van der Waals surface area contributed by atoms with Crippen LogP contribution in [0.2, 0.25) is 0 Å². The number of hydrogen-bond donors (Lipinski definition) is 0. The SMILES string of the molecule is CCOC(=O)c1sc(N2C(=O)C3=C(C(=O)C4CCCCC4O3)C2c2ccc(OCC)cc2)nc1C. The smallest absolute Gasteiger partial charge is 0.350 e. The predicted molar refractivity (Wildman–Crippen MR) is 130 cm³/mol. The summed E-state index contributed by atoms with van der Waals surface area (Å²) in [5, 5.41) is 0.336. The number of ketones is 1. The van der Waals surface area contributed by atoms with Crippen LogP contribution in [0.4, 0.5) is 5.13 Å². The number of benzene rings is 1. The van der Waals surface area contributed by atoms with Crippen molar-refractivity contribution in [2.75, 3.05) is 18.1 Å². The molecule has 3 aliphatic rings. The minimum atomic E-state index is -0.691. The summed E-state index contributed by atoms with van der Waals surface area (Å²) >= 11 is 1.09. The zero-order valence-corrected chi connectivity index (χ0v) is 20.9. The van der Waals surface area contributed by atoms with Crippen molar-refractivity contribution in [3.8, 4) is 5.75 Å². The van der Waals surface area contributed by atoms with Gasteiger partial charge in [-0.15, -0.1) is 0 Å². The van der Waals surface area contributed by atoms with Crippen molar-refractivity contribution in [3.63, 3.8) is 0 Å². The largest absolute Gasteiger partial charge is 0.494 e. The van der Waals surface area contributed by atoms with Gasteiger partial charge in [0.1, 0.15) is 16.7 Å². The molecule has 0 bridgehead atoms. The maximum Gasteiger partial charge on any atom is 0.350 e. The van der Waals surface area contributed by atoms with Crippen LogP contribution >= 0.6 is 11.3 Å². The fourth-order valence-electron chi connectivity index (χ4n) is 5.14. The van der Waals surface area contributed by atoms with Crippen molar-refractivity contribution >= 4 is 34.1 Å². The Morgan fingerprint density at radius 2 is 1.89 bits per heavy atom. The van der Waals surface area contributed by atoms with Gasteiger partial charge in [-0.3, -0.25) is 14.5 Å². The molecule has 1 fully saturated rings. The molecule has 0 N–H and O–H groups in total. The van der Waals surface area contributed by atoms with Crippen LogP contribution < -0.4 is 9.64 Å². The Hall–Kier alpha value is -3.20. The van der Waals surface area contributed by atoms with Gasteiger partial charge in [-0.05, 0) is 57.7 Å². The fraction of sp³-hybridized carbons (Fsp3) is 0.462. The van der Waals surface area contributed by atoms with Gasteiger partial charge in [-0.25, -0.2) is 9.78 Å². The molecule has 0 spiro atoms. The zero-order chi connectivity index (χ0) is 24.7. The number of amides is 1. The first kappa shape index (κ1) is 23.5. The molecule has 5 rings (SSSR count). The summed E-state index contributed by atoms with van der Waals surface area (Å²) < 4.78 is 17.0. The van der Waals surface area contributed by atoms with E-state index < -0.39 is 17.9 Å². The molecule has 2 aliphatic heterocycles. The second kappa shape index (κ2) is 9.45. The lowest BCUT2D eigenvalue weighted by atomic mass is 9.77. The standard InChI is InChI=1S/C26H28N2O6S/c1-4-32-16-12-10-15(11-13-16)20-19-21(29)17-8-6-7-9-18(17)34-22(19)24(30)28(20)26-27-14(3)23(35-26)25(31)33-5-2/h10-13,17-18,20H,4-9H2,1-3H3. The van der Waals surface area contributed by atoms with Gasteiger partial charge in [0.15, 0.2) is 16.7 Å². The predicted octanol–water partition coefficient (Wildman–Crippen LogP) is 4.53. The van der Waals surface area contributed by atoms with Crippen LogP contribution in [0.1, 0.15) is 66.5 Å². The molecule has 0 radical (unpaired) electrons. The molecular weight excluding hydrogens is 468 g/mol. The van der Waals surface area contributed by atoms with E-state index in [-0.39, 0.29) is 30.2 Å². The van der Waals surface area contributed by atoms with Crippen LogP contribution in [0.3, 0.4) is 0 Å². The fourth-order valence-corrected chi connectivity index (χ4v) is 6.13. The van der Waals surface area contributed by atoms with Gasteiger partial charge < -0.3 is 14.2 Å². The lowest BCUT2D eigenvalue weighted by molar-refractivity contribution is -0.131. The van der Waals surface area contributed by atoms with E-state index in [4.69, 9.17) is 14.2 Å². The van der Waals surface area contributed by atoms with Crippen molar-refractivity contribution in [1.29, 1.82) is 0 Å².